The lowest BCUT2D eigenvalue weighted by Gasteiger charge is -2.27. The maximum atomic E-state index is 13.4. The lowest BCUT2D eigenvalue weighted by molar-refractivity contribution is -0.150. The summed E-state index contributed by atoms with van der Waals surface area (Å²) >= 11 is 0. The highest BCUT2D eigenvalue weighted by atomic mass is 16.5. The first-order valence-corrected chi connectivity index (χ1v) is 14.4. The molecular formula is C34H46N2O5. The van der Waals surface area contributed by atoms with Gasteiger partial charge in [-0.2, -0.15) is 0 Å². The molecule has 0 spiro atoms. The summed E-state index contributed by atoms with van der Waals surface area (Å²) < 4.78 is 5.74. The van der Waals surface area contributed by atoms with Gasteiger partial charge >= 0.3 is 5.97 Å². The van der Waals surface area contributed by atoms with Crippen LogP contribution >= 0.6 is 0 Å². The molecule has 0 aliphatic heterocycles. The molecule has 0 aliphatic carbocycles. The normalized spacial score (nSPS) is 13.1. The maximum Gasteiger partial charge on any atom is 0.309 e. The smallest absolute Gasteiger partial charge is 0.309 e. The van der Waals surface area contributed by atoms with Gasteiger partial charge in [-0.1, -0.05) is 86.7 Å². The minimum Gasteiger partial charge on any atom is -0.463 e. The zero-order valence-electron chi connectivity index (χ0n) is 24.5. The van der Waals surface area contributed by atoms with Crippen LogP contribution in [0.25, 0.3) is 0 Å². The summed E-state index contributed by atoms with van der Waals surface area (Å²) in [7, 11) is 0. The molecule has 2 amide bonds. The molecule has 7 heteroatoms. The minimum atomic E-state index is -0.632. The van der Waals surface area contributed by atoms with Crippen molar-refractivity contribution < 1.29 is 24.2 Å². The van der Waals surface area contributed by atoms with E-state index in [1.54, 1.807) is 17.1 Å². The Labute approximate surface area is 245 Å². The van der Waals surface area contributed by atoms with Crippen molar-refractivity contribution in [2.45, 2.75) is 58.5 Å². The molecule has 0 bridgehead atoms. The molecule has 41 heavy (non-hydrogen) atoms. The number of allylic oxidation sites excluding steroid dienone is 2. The Morgan fingerprint density at radius 3 is 2.15 bits per heavy atom. The van der Waals surface area contributed by atoms with Gasteiger partial charge in [-0.3, -0.25) is 14.4 Å². The van der Waals surface area contributed by atoms with Gasteiger partial charge in [0, 0.05) is 19.5 Å². The Balaban J connectivity index is 2.03. The van der Waals surface area contributed by atoms with E-state index < -0.39 is 12.0 Å². The molecule has 0 aliphatic rings. The first-order chi connectivity index (χ1) is 19.8. The molecule has 2 rings (SSSR count). The number of ether oxygens (including phenoxy) is 1. The summed E-state index contributed by atoms with van der Waals surface area (Å²) in [5, 5.41) is 12.5. The Bertz CT molecular complexity index is 1090. The van der Waals surface area contributed by atoms with E-state index in [4.69, 9.17) is 4.74 Å². The number of carbonyl (C=O) groups is 3. The van der Waals surface area contributed by atoms with Crippen molar-refractivity contribution in [2.24, 2.45) is 17.8 Å². The average Bonchev–Trinajstić information content (AvgIpc) is 2.97. The number of esters is 1. The average molecular weight is 563 g/mol. The van der Waals surface area contributed by atoms with Crippen LogP contribution in [0.4, 0.5) is 0 Å². The van der Waals surface area contributed by atoms with E-state index in [1.807, 2.05) is 74.5 Å². The molecule has 0 heterocycles. The van der Waals surface area contributed by atoms with Crippen molar-refractivity contribution in [3.63, 3.8) is 0 Å². The maximum absolute atomic E-state index is 13.4. The van der Waals surface area contributed by atoms with E-state index in [2.05, 4.69) is 18.5 Å². The van der Waals surface area contributed by atoms with Crippen molar-refractivity contribution in [1.82, 2.24) is 10.2 Å². The quantitative estimate of drug-likeness (QED) is 0.184. The van der Waals surface area contributed by atoms with E-state index in [1.165, 1.54) is 0 Å². The van der Waals surface area contributed by atoms with Crippen molar-refractivity contribution in [1.29, 1.82) is 0 Å². The second-order valence-corrected chi connectivity index (χ2v) is 10.7. The van der Waals surface area contributed by atoms with Gasteiger partial charge in [0.2, 0.25) is 11.8 Å². The zero-order valence-corrected chi connectivity index (χ0v) is 24.5. The van der Waals surface area contributed by atoms with Gasteiger partial charge in [-0.05, 0) is 42.7 Å². The predicted octanol–water partition coefficient (Wildman–Crippen LogP) is 5.10. The van der Waals surface area contributed by atoms with E-state index in [-0.39, 0.29) is 55.8 Å². The van der Waals surface area contributed by atoms with E-state index in [0.29, 0.717) is 32.2 Å². The monoisotopic (exact) mass is 562 g/mol. The molecule has 2 aromatic carbocycles. The number of nitrogens with zero attached hydrogens (tertiary/aromatic N) is 1. The molecule has 2 aromatic rings. The third kappa shape index (κ3) is 12.1. The largest absolute Gasteiger partial charge is 0.463 e. The molecule has 0 saturated carbocycles. The van der Waals surface area contributed by atoms with Gasteiger partial charge in [-0.15, -0.1) is 13.2 Å². The third-order valence-corrected chi connectivity index (χ3v) is 7.10. The number of benzene rings is 2. The third-order valence-electron chi connectivity index (χ3n) is 7.10. The Hall–Kier alpha value is -3.71. The SMILES string of the molecule is C=CCCC(Cc1ccccc1)C(=O)OCC(NC(=O)C(CC=C)CC(=O)N(CCO)Cc1ccccc1)C(C)C. The predicted molar refractivity (Wildman–Crippen MR) is 163 cm³/mol. The molecule has 0 radical (unpaired) electrons. The molecule has 0 fully saturated rings. The van der Waals surface area contributed by atoms with Crippen molar-refractivity contribution in [3.05, 3.63) is 97.1 Å². The van der Waals surface area contributed by atoms with Crippen LogP contribution in [0.5, 0.6) is 0 Å². The molecule has 0 aromatic heterocycles. The fourth-order valence-electron chi connectivity index (χ4n) is 4.55. The van der Waals surface area contributed by atoms with Gasteiger partial charge in [0.05, 0.1) is 24.5 Å². The van der Waals surface area contributed by atoms with Crippen LogP contribution in [0.1, 0.15) is 50.7 Å². The highest BCUT2D eigenvalue weighted by molar-refractivity contribution is 5.86. The second-order valence-electron chi connectivity index (χ2n) is 10.7. The molecular weight excluding hydrogens is 516 g/mol. The number of nitrogens with one attached hydrogen (secondary N) is 1. The van der Waals surface area contributed by atoms with Crippen molar-refractivity contribution in [3.8, 4) is 0 Å². The number of hydrogen-bond acceptors (Lipinski definition) is 5. The Kier molecular flexibility index (Phi) is 15.2. The number of carbonyl (C=O) groups excluding carboxylic acids is 3. The number of aliphatic hydroxyl groups is 1. The first-order valence-electron chi connectivity index (χ1n) is 14.4. The summed E-state index contributed by atoms with van der Waals surface area (Å²) in [5.41, 5.74) is 2.01. The van der Waals surface area contributed by atoms with Gasteiger partial charge in [0.25, 0.3) is 0 Å². The van der Waals surface area contributed by atoms with Gasteiger partial charge in [0.1, 0.15) is 6.61 Å². The Morgan fingerprint density at radius 2 is 1.59 bits per heavy atom. The summed E-state index contributed by atoms with van der Waals surface area (Å²) in [6.07, 6.45) is 5.63. The summed E-state index contributed by atoms with van der Waals surface area (Å²) in [6.45, 7) is 11.9. The summed E-state index contributed by atoms with van der Waals surface area (Å²) in [6, 6.07) is 18.9. The Morgan fingerprint density at radius 1 is 0.951 bits per heavy atom. The van der Waals surface area contributed by atoms with E-state index in [0.717, 1.165) is 11.1 Å². The number of rotatable bonds is 19. The van der Waals surface area contributed by atoms with Crippen LogP contribution in [0, 0.1) is 17.8 Å². The van der Waals surface area contributed by atoms with Gasteiger partial charge in [-0.25, -0.2) is 0 Å². The summed E-state index contributed by atoms with van der Waals surface area (Å²) in [4.78, 5) is 41.2. The van der Waals surface area contributed by atoms with Crippen LogP contribution in [-0.4, -0.2) is 53.6 Å². The molecule has 7 nitrogen and oxygen atoms in total. The number of hydrogen-bond donors (Lipinski definition) is 2. The van der Waals surface area contributed by atoms with Crippen LogP contribution in [0.2, 0.25) is 0 Å². The highest BCUT2D eigenvalue weighted by Crippen LogP contribution is 2.19. The molecule has 0 saturated heterocycles. The molecule has 3 unspecified atom stereocenters. The molecule has 3 atom stereocenters. The van der Waals surface area contributed by atoms with Crippen LogP contribution in [0.15, 0.2) is 86.0 Å². The molecule has 222 valence electrons. The molecule has 2 N–H and O–H groups in total. The van der Waals surface area contributed by atoms with E-state index in [9.17, 15) is 19.5 Å². The van der Waals surface area contributed by atoms with Crippen LogP contribution < -0.4 is 5.32 Å². The van der Waals surface area contributed by atoms with Crippen molar-refractivity contribution in [2.75, 3.05) is 19.8 Å². The lowest BCUT2D eigenvalue weighted by Crippen LogP contribution is -2.46. The number of aliphatic hydroxyl groups excluding tert-OH is 1. The fraction of sp³-hybridized carbons (Fsp3) is 0.441. The zero-order chi connectivity index (χ0) is 30.0. The van der Waals surface area contributed by atoms with Crippen LogP contribution in [-0.2, 0) is 32.1 Å². The highest BCUT2D eigenvalue weighted by Gasteiger charge is 2.28. The topological polar surface area (TPSA) is 95.9 Å². The second kappa shape index (κ2) is 18.6. The standard InChI is InChI=1S/C34H46N2O5/c1-5-7-19-30(22-27-15-10-8-11-16-27)34(40)41-25-31(26(3)4)35-33(39)29(14-6-2)23-32(38)36(20-21-37)24-28-17-12-9-13-18-28/h5-6,8-13,15-18,26,29-31,37H,1-2,7,14,19-25H2,3-4H3,(H,35,39). The van der Waals surface area contributed by atoms with Crippen LogP contribution in [0.3, 0.4) is 0 Å². The fourth-order valence-corrected chi connectivity index (χ4v) is 4.55. The van der Waals surface area contributed by atoms with E-state index >= 15 is 0 Å². The van der Waals surface area contributed by atoms with Gasteiger partial charge in [0.15, 0.2) is 0 Å². The number of amides is 2. The first kappa shape index (κ1) is 33.5. The van der Waals surface area contributed by atoms with Crippen molar-refractivity contribution >= 4 is 17.8 Å². The summed E-state index contributed by atoms with van der Waals surface area (Å²) in [5.74, 6) is -1.75. The lowest BCUT2D eigenvalue weighted by atomic mass is 9.94. The van der Waals surface area contributed by atoms with Gasteiger partial charge < -0.3 is 20.1 Å². The minimum absolute atomic E-state index is 0.00320.